The van der Waals surface area contributed by atoms with Crippen LogP contribution in [0, 0.1) is 11.8 Å². The third-order valence-corrected chi connectivity index (χ3v) is 2.24. The van der Waals surface area contributed by atoms with E-state index >= 15 is 0 Å². The Labute approximate surface area is 79.5 Å². The van der Waals surface area contributed by atoms with E-state index in [1.165, 1.54) is 0 Å². The molecule has 76 valence electrons. The van der Waals surface area contributed by atoms with Gasteiger partial charge in [-0.05, 0) is 12.5 Å². The molecule has 0 aromatic carbocycles. The maximum absolute atomic E-state index is 11.4. The number of amides is 2. The zero-order valence-electron chi connectivity index (χ0n) is 8.42. The smallest absolute Gasteiger partial charge is 0.317 e. The second-order valence-corrected chi connectivity index (χ2v) is 4.09. The molecule has 4 heteroatoms. The molecule has 1 rings (SSSR count). The predicted octanol–water partition coefficient (Wildman–Crippen LogP) is 0.243. The van der Waals surface area contributed by atoms with Crippen LogP contribution < -0.4 is 11.1 Å². The van der Waals surface area contributed by atoms with Crippen LogP contribution in [0.2, 0.25) is 0 Å². The van der Waals surface area contributed by atoms with E-state index in [9.17, 15) is 4.79 Å². The molecular formula is C9H19N3O. The third kappa shape index (κ3) is 2.88. The summed E-state index contributed by atoms with van der Waals surface area (Å²) in [6, 6.07) is 0.0541. The van der Waals surface area contributed by atoms with Crippen LogP contribution >= 0.6 is 0 Å². The van der Waals surface area contributed by atoms with E-state index in [-0.39, 0.29) is 6.03 Å². The first-order chi connectivity index (χ1) is 6.13. The van der Waals surface area contributed by atoms with E-state index in [1.54, 1.807) is 4.90 Å². The Morgan fingerprint density at radius 3 is 2.69 bits per heavy atom. The van der Waals surface area contributed by atoms with E-state index in [0.29, 0.717) is 18.4 Å². The van der Waals surface area contributed by atoms with E-state index in [0.717, 1.165) is 19.6 Å². The maximum Gasteiger partial charge on any atom is 0.317 e. The molecule has 3 N–H and O–H groups in total. The van der Waals surface area contributed by atoms with Gasteiger partial charge in [-0.2, -0.15) is 0 Å². The van der Waals surface area contributed by atoms with Gasteiger partial charge in [0, 0.05) is 25.6 Å². The summed E-state index contributed by atoms with van der Waals surface area (Å²) >= 11 is 0. The molecule has 0 spiro atoms. The molecular weight excluding hydrogens is 166 g/mol. The molecule has 0 aliphatic carbocycles. The van der Waals surface area contributed by atoms with Crippen LogP contribution in [0.25, 0.3) is 0 Å². The van der Waals surface area contributed by atoms with Crippen LogP contribution in [0.4, 0.5) is 4.79 Å². The van der Waals surface area contributed by atoms with Gasteiger partial charge in [0.25, 0.3) is 0 Å². The fourth-order valence-corrected chi connectivity index (χ4v) is 1.29. The van der Waals surface area contributed by atoms with Gasteiger partial charge in [-0.25, -0.2) is 4.79 Å². The highest BCUT2D eigenvalue weighted by molar-refractivity contribution is 5.75. The molecule has 0 unspecified atom stereocenters. The zero-order chi connectivity index (χ0) is 9.84. The molecule has 0 radical (unpaired) electrons. The van der Waals surface area contributed by atoms with Gasteiger partial charge in [-0.1, -0.05) is 13.8 Å². The zero-order valence-corrected chi connectivity index (χ0v) is 8.42. The van der Waals surface area contributed by atoms with Crippen LogP contribution in [-0.4, -0.2) is 37.1 Å². The summed E-state index contributed by atoms with van der Waals surface area (Å²) in [4.78, 5) is 13.2. The summed E-state index contributed by atoms with van der Waals surface area (Å²) < 4.78 is 0. The molecule has 1 fully saturated rings. The Kier molecular flexibility index (Phi) is 3.54. The van der Waals surface area contributed by atoms with E-state index < -0.39 is 0 Å². The van der Waals surface area contributed by atoms with Crippen molar-refractivity contribution in [3.8, 4) is 0 Å². The molecule has 2 amide bonds. The van der Waals surface area contributed by atoms with E-state index in [4.69, 9.17) is 5.73 Å². The number of hydrogen-bond donors (Lipinski definition) is 2. The first-order valence-corrected chi connectivity index (χ1v) is 4.86. The van der Waals surface area contributed by atoms with Gasteiger partial charge in [0.2, 0.25) is 0 Å². The van der Waals surface area contributed by atoms with Crippen LogP contribution in [0.3, 0.4) is 0 Å². The molecule has 1 aliphatic heterocycles. The van der Waals surface area contributed by atoms with Crippen molar-refractivity contribution in [3.63, 3.8) is 0 Å². The van der Waals surface area contributed by atoms with Crippen molar-refractivity contribution in [2.45, 2.75) is 13.8 Å². The molecule has 0 aromatic rings. The van der Waals surface area contributed by atoms with Gasteiger partial charge < -0.3 is 16.0 Å². The number of nitrogens with zero attached hydrogens (tertiary/aromatic N) is 1. The topological polar surface area (TPSA) is 58.4 Å². The second kappa shape index (κ2) is 4.46. The molecule has 0 bridgehead atoms. The maximum atomic E-state index is 11.4. The number of urea groups is 1. The largest absolute Gasteiger partial charge is 0.338 e. The molecule has 1 heterocycles. The quantitative estimate of drug-likeness (QED) is 0.662. The van der Waals surface area contributed by atoms with E-state index in [2.05, 4.69) is 19.2 Å². The number of nitrogens with two attached hydrogens (primary N) is 1. The summed E-state index contributed by atoms with van der Waals surface area (Å²) in [6.07, 6.45) is 0. The van der Waals surface area contributed by atoms with Crippen LogP contribution in [0.5, 0.6) is 0 Å². The Hall–Kier alpha value is -0.770. The van der Waals surface area contributed by atoms with Gasteiger partial charge in [-0.3, -0.25) is 0 Å². The molecule has 1 saturated heterocycles. The lowest BCUT2D eigenvalue weighted by Crippen LogP contribution is -2.56. The SMILES string of the molecule is CC(C)CNC(=O)N1CC(CN)C1. The fraction of sp³-hybridized carbons (Fsp3) is 0.889. The fourth-order valence-electron chi connectivity index (χ4n) is 1.29. The molecule has 1 aliphatic rings. The van der Waals surface area contributed by atoms with Crippen molar-refractivity contribution in [1.29, 1.82) is 0 Å². The highest BCUT2D eigenvalue weighted by atomic mass is 16.2. The summed E-state index contributed by atoms with van der Waals surface area (Å²) in [7, 11) is 0. The minimum atomic E-state index is 0.0541. The number of likely N-dealkylation sites (tertiary alicyclic amines) is 1. The summed E-state index contributed by atoms with van der Waals surface area (Å²) in [5.41, 5.74) is 5.46. The normalized spacial score (nSPS) is 17.4. The minimum absolute atomic E-state index is 0.0541. The lowest BCUT2D eigenvalue weighted by atomic mass is 10.0. The monoisotopic (exact) mass is 185 g/mol. The Bertz CT molecular complexity index is 176. The Morgan fingerprint density at radius 1 is 1.62 bits per heavy atom. The van der Waals surface area contributed by atoms with Crippen LogP contribution in [0.15, 0.2) is 0 Å². The van der Waals surface area contributed by atoms with Crippen LogP contribution in [-0.2, 0) is 0 Å². The van der Waals surface area contributed by atoms with E-state index in [1.807, 2.05) is 0 Å². The minimum Gasteiger partial charge on any atom is -0.338 e. The number of nitrogens with one attached hydrogen (secondary N) is 1. The van der Waals surface area contributed by atoms with Crippen molar-refractivity contribution in [3.05, 3.63) is 0 Å². The second-order valence-electron chi connectivity index (χ2n) is 4.09. The average molecular weight is 185 g/mol. The Morgan fingerprint density at radius 2 is 2.23 bits per heavy atom. The van der Waals surface area contributed by atoms with Crippen molar-refractivity contribution >= 4 is 6.03 Å². The summed E-state index contributed by atoms with van der Waals surface area (Å²) in [6.45, 7) is 7.25. The van der Waals surface area contributed by atoms with Gasteiger partial charge >= 0.3 is 6.03 Å². The predicted molar refractivity (Wildman–Crippen MR) is 52.4 cm³/mol. The average Bonchev–Trinajstić information content (AvgIpc) is 1.99. The number of carbonyl (C=O) groups excluding carboxylic acids is 1. The number of rotatable bonds is 3. The number of hydrogen-bond acceptors (Lipinski definition) is 2. The third-order valence-electron chi connectivity index (χ3n) is 2.24. The molecule has 13 heavy (non-hydrogen) atoms. The first kappa shape index (κ1) is 10.3. The van der Waals surface area contributed by atoms with Gasteiger partial charge in [0.05, 0.1) is 0 Å². The first-order valence-electron chi connectivity index (χ1n) is 4.86. The summed E-state index contributed by atoms with van der Waals surface area (Å²) in [5, 5.41) is 2.87. The Balaban J connectivity index is 2.12. The highest BCUT2D eigenvalue weighted by Gasteiger charge is 2.28. The van der Waals surface area contributed by atoms with Crippen molar-refractivity contribution in [2.75, 3.05) is 26.2 Å². The molecule has 0 aromatic heterocycles. The molecule has 0 saturated carbocycles. The van der Waals surface area contributed by atoms with Crippen molar-refractivity contribution in [2.24, 2.45) is 17.6 Å². The van der Waals surface area contributed by atoms with Gasteiger partial charge in [0.1, 0.15) is 0 Å². The highest BCUT2D eigenvalue weighted by Crippen LogP contribution is 2.13. The van der Waals surface area contributed by atoms with Crippen molar-refractivity contribution < 1.29 is 4.79 Å². The standard InChI is InChI=1S/C9H19N3O/c1-7(2)4-11-9(13)12-5-8(3-10)6-12/h7-8H,3-6,10H2,1-2H3,(H,11,13). The van der Waals surface area contributed by atoms with Crippen molar-refractivity contribution in [1.82, 2.24) is 10.2 Å². The lowest BCUT2D eigenvalue weighted by Gasteiger charge is -2.38. The lowest BCUT2D eigenvalue weighted by molar-refractivity contribution is 0.124. The number of carbonyl (C=O) groups is 1. The van der Waals surface area contributed by atoms with Gasteiger partial charge in [0.15, 0.2) is 0 Å². The molecule has 4 nitrogen and oxygen atoms in total. The van der Waals surface area contributed by atoms with Gasteiger partial charge in [-0.15, -0.1) is 0 Å². The summed E-state index contributed by atoms with van der Waals surface area (Å²) in [5.74, 6) is 1.03. The molecule has 0 atom stereocenters. The van der Waals surface area contributed by atoms with Crippen LogP contribution in [0.1, 0.15) is 13.8 Å².